The number of hydrogen-bond acceptors (Lipinski definition) is 3. The molecule has 0 aromatic heterocycles. The van der Waals surface area contributed by atoms with Crippen molar-refractivity contribution in [3.05, 3.63) is 29.3 Å². The van der Waals surface area contributed by atoms with Crippen molar-refractivity contribution < 1.29 is 4.74 Å². The van der Waals surface area contributed by atoms with Crippen LogP contribution in [0.4, 0.5) is 0 Å². The molecule has 4 rings (SSSR count). The standard InChI is InChI=1S/C17H24N2O/c1-20-15-6-2-11-3-7-17(16(11)10-15)19-13-4-5-14(19)9-12(18)8-13/h2,6,10,12-14,17H,3-5,7-9,18H2,1H3. The number of ether oxygens (including phenoxy) is 1. The van der Waals surface area contributed by atoms with Gasteiger partial charge in [-0.3, -0.25) is 4.90 Å². The molecule has 3 aliphatic rings. The van der Waals surface area contributed by atoms with Gasteiger partial charge in [-0.05, 0) is 61.8 Å². The third-order valence-corrected chi connectivity index (χ3v) is 5.59. The van der Waals surface area contributed by atoms with Gasteiger partial charge < -0.3 is 10.5 Å². The number of aryl methyl sites for hydroxylation is 1. The molecule has 2 saturated heterocycles. The molecule has 2 fully saturated rings. The first-order valence-electron chi connectivity index (χ1n) is 7.96. The zero-order chi connectivity index (χ0) is 13.7. The van der Waals surface area contributed by atoms with Gasteiger partial charge in [0.15, 0.2) is 0 Å². The van der Waals surface area contributed by atoms with E-state index >= 15 is 0 Å². The highest BCUT2D eigenvalue weighted by Gasteiger charge is 2.44. The Labute approximate surface area is 121 Å². The van der Waals surface area contributed by atoms with Crippen LogP contribution in [0.5, 0.6) is 5.75 Å². The Morgan fingerprint density at radius 3 is 2.60 bits per heavy atom. The van der Waals surface area contributed by atoms with Gasteiger partial charge in [-0.25, -0.2) is 0 Å². The summed E-state index contributed by atoms with van der Waals surface area (Å²) < 4.78 is 5.42. The predicted molar refractivity (Wildman–Crippen MR) is 79.9 cm³/mol. The minimum atomic E-state index is 0.426. The van der Waals surface area contributed by atoms with Crippen LogP contribution in [0.25, 0.3) is 0 Å². The van der Waals surface area contributed by atoms with Crippen LogP contribution in [0.15, 0.2) is 18.2 Å². The molecule has 1 aliphatic carbocycles. The quantitative estimate of drug-likeness (QED) is 0.899. The second-order valence-corrected chi connectivity index (χ2v) is 6.68. The van der Waals surface area contributed by atoms with E-state index in [-0.39, 0.29) is 0 Å². The fourth-order valence-corrected chi connectivity index (χ4v) is 4.76. The Hall–Kier alpha value is -1.06. The molecular formula is C17H24N2O. The van der Waals surface area contributed by atoms with Crippen LogP contribution >= 0.6 is 0 Å². The summed E-state index contributed by atoms with van der Waals surface area (Å²) in [5.41, 5.74) is 9.24. The van der Waals surface area contributed by atoms with E-state index in [0.717, 1.165) is 5.75 Å². The fraction of sp³-hybridized carbons (Fsp3) is 0.647. The van der Waals surface area contributed by atoms with Gasteiger partial charge in [-0.15, -0.1) is 0 Å². The number of nitrogens with two attached hydrogens (primary N) is 1. The van der Waals surface area contributed by atoms with Gasteiger partial charge in [-0.1, -0.05) is 6.07 Å². The predicted octanol–water partition coefficient (Wildman–Crippen LogP) is 2.64. The lowest BCUT2D eigenvalue weighted by atomic mass is 9.94. The van der Waals surface area contributed by atoms with Crippen LogP contribution in [0.3, 0.4) is 0 Å². The largest absolute Gasteiger partial charge is 0.497 e. The average molecular weight is 272 g/mol. The van der Waals surface area contributed by atoms with Crippen molar-refractivity contribution in [3.63, 3.8) is 0 Å². The Balaban J connectivity index is 1.66. The fourth-order valence-electron chi connectivity index (χ4n) is 4.76. The molecule has 1 aromatic carbocycles. The van der Waals surface area contributed by atoms with E-state index in [9.17, 15) is 0 Å². The van der Waals surface area contributed by atoms with Crippen molar-refractivity contribution in [2.75, 3.05) is 7.11 Å². The molecule has 3 nitrogen and oxygen atoms in total. The van der Waals surface area contributed by atoms with Crippen LogP contribution < -0.4 is 10.5 Å². The van der Waals surface area contributed by atoms with Gasteiger partial charge in [0.25, 0.3) is 0 Å². The highest BCUT2D eigenvalue weighted by atomic mass is 16.5. The average Bonchev–Trinajstić information content (AvgIpc) is 2.97. The number of hydrogen-bond donors (Lipinski definition) is 1. The van der Waals surface area contributed by atoms with Crippen molar-refractivity contribution >= 4 is 0 Å². The minimum Gasteiger partial charge on any atom is -0.497 e. The maximum Gasteiger partial charge on any atom is 0.119 e. The lowest BCUT2D eigenvalue weighted by molar-refractivity contribution is 0.0773. The Kier molecular flexibility index (Phi) is 3.00. The minimum absolute atomic E-state index is 0.426. The highest BCUT2D eigenvalue weighted by Crippen LogP contribution is 2.46. The summed E-state index contributed by atoms with van der Waals surface area (Å²) in [6.07, 6.45) is 7.54. The zero-order valence-electron chi connectivity index (χ0n) is 12.2. The van der Waals surface area contributed by atoms with Crippen LogP contribution in [0.1, 0.15) is 49.3 Å². The molecule has 0 saturated carbocycles. The number of fused-ring (bicyclic) bond motifs is 3. The van der Waals surface area contributed by atoms with Gasteiger partial charge in [0.05, 0.1) is 7.11 Å². The molecule has 2 bridgehead atoms. The van der Waals surface area contributed by atoms with E-state index in [1.807, 2.05) is 0 Å². The third-order valence-electron chi connectivity index (χ3n) is 5.59. The van der Waals surface area contributed by atoms with Crippen molar-refractivity contribution in [2.24, 2.45) is 5.73 Å². The van der Waals surface area contributed by atoms with Crippen molar-refractivity contribution in [2.45, 2.75) is 62.7 Å². The highest BCUT2D eigenvalue weighted by molar-refractivity contribution is 5.41. The summed E-state index contributed by atoms with van der Waals surface area (Å²) in [6, 6.07) is 9.08. The first-order chi connectivity index (χ1) is 9.76. The molecule has 108 valence electrons. The lowest BCUT2D eigenvalue weighted by Gasteiger charge is -2.42. The molecule has 20 heavy (non-hydrogen) atoms. The van der Waals surface area contributed by atoms with E-state index in [4.69, 9.17) is 10.5 Å². The molecule has 3 heteroatoms. The molecular weight excluding hydrogens is 248 g/mol. The molecule has 2 N–H and O–H groups in total. The van der Waals surface area contributed by atoms with E-state index in [1.54, 1.807) is 7.11 Å². The number of rotatable bonds is 2. The Morgan fingerprint density at radius 2 is 1.90 bits per heavy atom. The van der Waals surface area contributed by atoms with E-state index in [2.05, 4.69) is 23.1 Å². The molecule has 0 spiro atoms. The van der Waals surface area contributed by atoms with Gasteiger partial charge in [0, 0.05) is 24.2 Å². The van der Waals surface area contributed by atoms with Gasteiger partial charge >= 0.3 is 0 Å². The molecule has 3 unspecified atom stereocenters. The molecule has 1 aromatic rings. The zero-order valence-corrected chi connectivity index (χ0v) is 12.2. The van der Waals surface area contributed by atoms with E-state index in [0.29, 0.717) is 24.2 Å². The molecule has 3 atom stereocenters. The summed E-state index contributed by atoms with van der Waals surface area (Å²) >= 11 is 0. The van der Waals surface area contributed by atoms with E-state index < -0.39 is 0 Å². The van der Waals surface area contributed by atoms with Crippen molar-refractivity contribution in [1.82, 2.24) is 4.90 Å². The van der Waals surface area contributed by atoms with Gasteiger partial charge in [0.1, 0.15) is 5.75 Å². The maximum absolute atomic E-state index is 6.21. The first-order valence-corrected chi connectivity index (χ1v) is 7.96. The van der Waals surface area contributed by atoms with Gasteiger partial charge in [-0.2, -0.15) is 0 Å². The first kappa shape index (κ1) is 12.7. The van der Waals surface area contributed by atoms with Crippen molar-refractivity contribution in [1.29, 1.82) is 0 Å². The Bertz CT molecular complexity index is 502. The van der Waals surface area contributed by atoms with Crippen LogP contribution in [-0.4, -0.2) is 30.1 Å². The molecule has 2 heterocycles. The topological polar surface area (TPSA) is 38.5 Å². The SMILES string of the molecule is COc1ccc2c(c1)C(N1C3CCC1CC(N)C3)CC2. The second kappa shape index (κ2) is 4.74. The molecule has 2 aliphatic heterocycles. The summed E-state index contributed by atoms with van der Waals surface area (Å²) in [5, 5.41) is 0. The molecule has 0 amide bonds. The van der Waals surface area contributed by atoms with Crippen LogP contribution in [0.2, 0.25) is 0 Å². The lowest BCUT2D eigenvalue weighted by Crippen LogP contribution is -2.48. The molecule has 0 radical (unpaired) electrons. The monoisotopic (exact) mass is 272 g/mol. The summed E-state index contributed by atoms with van der Waals surface area (Å²) in [5.74, 6) is 0.997. The number of benzene rings is 1. The third kappa shape index (κ3) is 1.87. The summed E-state index contributed by atoms with van der Waals surface area (Å²) in [7, 11) is 1.76. The van der Waals surface area contributed by atoms with Crippen LogP contribution in [-0.2, 0) is 6.42 Å². The maximum atomic E-state index is 6.21. The summed E-state index contributed by atoms with van der Waals surface area (Å²) in [4.78, 5) is 2.80. The summed E-state index contributed by atoms with van der Waals surface area (Å²) in [6.45, 7) is 0. The smallest absolute Gasteiger partial charge is 0.119 e. The van der Waals surface area contributed by atoms with Crippen molar-refractivity contribution in [3.8, 4) is 5.75 Å². The second-order valence-electron chi connectivity index (χ2n) is 6.68. The van der Waals surface area contributed by atoms with Gasteiger partial charge in [0.2, 0.25) is 0 Å². The normalized spacial score (nSPS) is 36.1. The number of methoxy groups -OCH3 is 1. The number of piperidine rings is 1. The van der Waals surface area contributed by atoms with Crippen LogP contribution in [0, 0.1) is 0 Å². The Morgan fingerprint density at radius 1 is 1.15 bits per heavy atom. The number of nitrogens with zero attached hydrogens (tertiary/aromatic N) is 1. The van der Waals surface area contributed by atoms with E-state index in [1.165, 1.54) is 49.7 Å².